The highest BCUT2D eigenvalue weighted by molar-refractivity contribution is 5.85. The number of rotatable bonds is 6. The van der Waals surface area contributed by atoms with Crippen LogP contribution in [0.1, 0.15) is 12.8 Å². The molecule has 7 heteroatoms. The third-order valence-electron chi connectivity index (χ3n) is 1.84. The van der Waals surface area contributed by atoms with Gasteiger partial charge in [-0.2, -0.15) is 0 Å². The minimum Gasteiger partial charge on any atom is -0.480 e. The molecule has 15 heavy (non-hydrogen) atoms. The van der Waals surface area contributed by atoms with Crippen molar-refractivity contribution in [2.24, 2.45) is 16.5 Å². The number of aliphatic imine (C=N–C) groups is 1. The fourth-order valence-corrected chi connectivity index (χ4v) is 1.10. The summed E-state index contributed by atoms with van der Waals surface area (Å²) in [6.07, 6.45) is 1.20. The predicted molar refractivity (Wildman–Crippen MR) is 62.3 cm³/mol. The average Bonchev–Trinajstić information content (AvgIpc) is 2.01. The summed E-state index contributed by atoms with van der Waals surface area (Å²) in [6, 6.07) is -0.468. The fraction of sp³-hybridized carbons (Fsp3) is 0.750. The highest BCUT2D eigenvalue weighted by Gasteiger charge is 2.18. The van der Waals surface area contributed by atoms with Crippen LogP contribution in [0, 0.1) is 0 Å². The second-order valence-corrected chi connectivity index (χ2v) is 3.27. The number of halogens is 1. The molecule has 0 amide bonds. The maximum Gasteiger partial charge on any atom is 0.320 e. The Morgan fingerprint density at radius 3 is 2.33 bits per heavy atom. The van der Waals surface area contributed by atoms with Gasteiger partial charge in [-0.15, -0.1) is 12.4 Å². The molecule has 0 saturated heterocycles. The molecule has 6 nitrogen and oxygen atoms in total. The van der Waals surface area contributed by atoms with Crippen molar-refractivity contribution >= 4 is 24.3 Å². The number of carboxylic acid groups (broad SMARTS) is 1. The van der Waals surface area contributed by atoms with Gasteiger partial charge in [-0.3, -0.25) is 14.7 Å². The summed E-state index contributed by atoms with van der Waals surface area (Å²) >= 11 is 0. The molecule has 0 aliphatic heterocycles. The van der Waals surface area contributed by atoms with E-state index in [4.69, 9.17) is 16.6 Å². The minimum absolute atomic E-state index is 0. The number of hydrogen-bond donors (Lipinski definition) is 3. The van der Waals surface area contributed by atoms with Crippen molar-refractivity contribution in [3.63, 3.8) is 0 Å². The molecule has 0 radical (unpaired) electrons. The Labute approximate surface area is 95.7 Å². The quantitative estimate of drug-likeness (QED) is 0.328. The molecule has 0 aliphatic carbocycles. The summed E-state index contributed by atoms with van der Waals surface area (Å²) in [7, 11) is 3.47. The highest BCUT2D eigenvalue weighted by atomic mass is 35.5. The van der Waals surface area contributed by atoms with E-state index >= 15 is 0 Å². The zero-order valence-corrected chi connectivity index (χ0v) is 9.83. The predicted octanol–water partition coefficient (Wildman–Crippen LogP) is -0.523. The first-order valence-electron chi connectivity index (χ1n) is 4.39. The number of aliphatic carboxylic acids is 1. The molecule has 0 saturated carbocycles. The van der Waals surface area contributed by atoms with Crippen molar-refractivity contribution in [2.75, 3.05) is 20.6 Å². The minimum atomic E-state index is -0.820. The number of hydrogen-bond acceptors (Lipinski definition) is 3. The summed E-state index contributed by atoms with van der Waals surface area (Å²) in [6.45, 7) is 0.472. The molecular formula is C8H19ClN4O2. The molecule has 0 aromatic rings. The molecule has 0 aliphatic rings. The summed E-state index contributed by atoms with van der Waals surface area (Å²) in [5, 5.41) is 8.83. The summed E-state index contributed by atoms with van der Waals surface area (Å²) in [5.41, 5.74) is 10.3. The van der Waals surface area contributed by atoms with E-state index in [-0.39, 0.29) is 18.4 Å². The van der Waals surface area contributed by atoms with Crippen molar-refractivity contribution in [2.45, 2.75) is 18.9 Å². The van der Waals surface area contributed by atoms with E-state index in [9.17, 15) is 4.79 Å². The lowest BCUT2D eigenvalue weighted by molar-refractivity contribution is -0.142. The van der Waals surface area contributed by atoms with Gasteiger partial charge in [0, 0.05) is 6.54 Å². The molecule has 5 N–H and O–H groups in total. The smallest absolute Gasteiger partial charge is 0.320 e. The van der Waals surface area contributed by atoms with Crippen LogP contribution in [0.25, 0.3) is 0 Å². The number of guanidine groups is 1. The molecule has 0 aromatic heterocycles. The lowest BCUT2D eigenvalue weighted by Crippen LogP contribution is -2.35. The van der Waals surface area contributed by atoms with Crippen molar-refractivity contribution in [3.05, 3.63) is 0 Å². The van der Waals surface area contributed by atoms with Gasteiger partial charge in [0.1, 0.15) is 6.04 Å². The van der Waals surface area contributed by atoms with Crippen LogP contribution < -0.4 is 11.5 Å². The Kier molecular flexibility index (Phi) is 9.10. The Hall–Kier alpha value is -1.01. The van der Waals surface area contributed by atoms with Crippen LogP contribution in [0.2, 0.25) is 0 Å². The van der Waals surface area contributed by atoms with Gasteiger partial charge in [0.25, 0.3) is 0 Å². The largest absolute Gasteiger partial charge is 0.480 e. The zero-order chi connectivity index (χ0) is 11.1. The van der Waals surface area contributed by atoms with E-state index in [2.05, 4.69) is 4.99 Å². The third-order valence-corrected chi connectivity index (χ3v) is 1.84. The van der Waals surface area contributed by atoms with Crippen LogP contribution in [0.3, 0.4) is 0 Å². The van der Waals surface area contributed by atoms with E-state index in [0.717, 1.165) is 0 Å². The van der Waals surface area contributed by atoms with Crippen LogP contribution in [-0.4, -0.2) is 48.6 Å². The standard InChI is InChI=1S/C8H18N4O2.ClH/c1-12(2)6(7(13)14)4-3-5-11-8(9)10;/h6H,3-5H2,1-2H3,(H,13,14)(H4,9,10,11);1H. The maximum atomic E-state index is 10.7. The maximum absolute atomic E-state index is 10.7. The molecule has 0 rings (SSSR count). The Bertz CT molecular complexity index is 217. The van der Waals surface area contributed by atoms with Crippen molar-refractivity contribution in [1.29, 1.82) is 0 Å². The van der Waals surface area contributed by atoms with E-state index < -0.39 is 12.0 Å². The molecule has 1 atom stereocenters. The summed E-state index contributed by atoms with van der Waals surface area (Å²) < 4.78 is 0. The SMILES string of the molecule is CN(C)C(CCCN=C(N)N)C(=O)O.Cl. The monoisotopic (exact) mass is 238 g/mol. The zero-order valence-electron chi connectivity index (χ0n) is 9.01. The molecule has 0 heterocycles. The normalized spacial score (nSPS) is 11.7. The number of carbonyl (C=O) groups is 1. The number of likely N-dealkylation sites (N-methyl/N-ethyl adjacent to an activating group) is 1. The lowest BCUT2D eigenvalue weighted by atomic mass is 10.1. The van der Waals surface area contributed by atoms with Crippen LogP contribution >= 0.6 is 12.4 Å². The van der Waals surface area contributed by atoms with Crippen LogP contribution in [-0.2, 0) is 4.79 Å². The Morgan fingerprint density at radius 2 is 2.00 bits per heavy atom. The fourth-order valence-electron chi connectivity index (χ4n) is 1.10. The van der Waals surface area contributed by atoms with Gasteiger partial charge in [-0.05, 0) is 26.9 Å². The third kappa shape index (κ3) is 8.02. The highest BCUT2D eigenvalue weighted by Crippen LogP contribution is 2.03. The molecule has 0 spiro atoms. The first kappa shape index (κ1) is 16.4. The van der Waals surface area contributed by atoms with Gasteiger partial charge in [0.15, 0.2) is 5.96 Å². The molecule has 90 valence electrons. The van der Waals surface area contributed by atoms with Gasteiger partial charge in [-0.25, -0.2) is 0 Å². The van der Waals surface area contributed by atoms with Gasteiger partial charge < -0.3 is 16.6 Å². The number of nitrogens with two attached hydrogens (primary N) is 2. The molecular weight excluding hydrogens is 220 g/mol. The van der Waals surface area contributed by atoms with E-state index in [1.807, 2.05) is 0 Å². The number of nitrogens with zero attached hydrogens (tertiary/aromatic N) is 2. The second-order valence-electron chi connectivity index (χ2n) is 3.27. The molecule has 0 bridgehead atoms. The summed E-state index contributed by atoms with van der Waals surface area (Å²) in [4.78, 5) is 16.2. The van der Waals surface area contributed by atoms with Crippen LogP contribution in [0.15, 0.2) is 4.99 Å². The van der Waals surface area contributed by atoms with E-state index in [1.54, 1.807) is 19.0 Å². The van der Waals surface area contributed by atoms with Gasteiger partial charge in [0.05, 0.1) is 0 Å². The van der Waals surface area contributed by atoms with Gasteiger partial charge in [0.2, 0.25) is 0 Å². The second kappa shape index (κ2) is 8.31. The van der Waals surface area contributed by atoms with Gasteiger partial charge in [-0.1, -0.05) is 0 Å². The lowest BCUT2D eigenvalue weighted by Gasteiger charge is -2.19. The van der Waals surface area contributed by atoms with E-state index in [1.165, 1.54) is 0 Å². The molecule has 1 unspecified atom stereocenters. The van der Waals surface area contributed by atoms with Crippen LogP contribution in [0.4, 0.5) is 0 Å². The Morgan fingerprint density at radius 1 is 1.47 bits per heavy atom. The summed E-state index contributed by atoms with van der Waals surface area (Å²) in [5.74, 6) is -0.776. The number of carboxylic acids is 1. The average molecular weight is 239 g/mol. The first-order valence-corrected chi connectivity index (χ1v) is 4.39. The topological polar surface area (TPSA) is 105 Å². The molecule has 0 fully saturated rings. The van der Waals surface area contributed by atoms with E-state index in [0.29, 0.717) is 19.4 Å². The van der Waals surface area contributed by atoms with Crippen LogP contribution in [0.5, 0.6) is 0 Å². The van der Waals surface area contributed by atoms with Crippen molar-refractivity contribution in [3.8, 4) is 0 Å². The van der Waals surface area contributed by atoms with Crippen molar-refractivity contribution in [1.82, 2.24) is 4.90 Å². The Balaban J connectivity index is 0. The van der Waals surface area contributed by atoms with Crippen molar-refractivity contribution < 1.29 is 9.90 Å². The molecule has 0 aromatic carbocycles. The first-order chi connectivity index (χ1) is 6.45. The van der Waals surface area contributed by atoms with Gasteiger partial charge >= 0.3 is 5.97 Å².